The highest BCUT2D eigenvalue weighted by molar-refractivity contribution is 5.91. The Labute approximate surface area is 139 Å². The standard InChI is InChI=1S/C17H18N4O3/c1-12-8-16(20-23-12)18-17(22)11-21(2)10-14-9-15(24-19-14)13-6-4-3-5-7-13/h3-9H,10-11H2,1-2H3,(H,18,20,22). The Balaban J connectivity index is 1.54. The van der Waals surface area contributed by atoms with Crippen molar-refractivity contribution in [3.8, 4) is 11.3 Å². The van der Waals surface area contributed by atoms with E-state index < -0.39 is 0 Å². The first-order chi connectivity index (χ1) is 11.6. The lowest BCUT2D eigenvalue weighted by atomic mass is 10.1. The summed E-state index contributed by atoms with van der Waals surface area (Å²) in [5, 5.41) is 10.5. The molecule has 0 saturated carbocycles. The van der Waals surface area contributed by atoms with Gasteiger partial charge >= 0.3 is 0 Å². The van der Waals surface area contributed by atoms with Gasteiger partial charge in [0.25, 0.3) is 0 Å². The van der Waals surface area contributed by atoms with E-state index in [1.807, 2.05) is 48.3 Å². The molecule has 1 N–H and O–H groups in total. The van der Waals surface area contributed by atoms with Crippen molar-refractivity contribution in [1.29, 1.82) is 0 Å². The molecule has 2 aromatic heterocycles. The van der Waals surface area contributed by atoms with E-state index in [4.69, 9.17) is 9.05 Å². The predicted molar refractivity (Wildman–Crippen MR) is 88.1 cm³/mol. The van der Waals surface area contributed by atoms with Crippen LogP contribution in [0.2, 0.25) is 0 Å². The van der Waals surface area contributed by atoms with Crippen molar-refractivity contribution < 1.29 is 13.8 Å². The molecule has 1 amide bonds. The Morgan fingerprint density at radius 3 is 2.67 bits per heavy atom. The number of hydrogen-bond acceptors (Lipinski definition) is 6. The van der Waals surface area contributed by atoms with Gasteiger partial charge in [-0.2, -0.15) is 0 Å². The van der Waals surface area contributed by atoms with Gasteiger partial charge in [0, 0.05) is 24.2 Å². The molecule has 0 spiro atoms. The molecule has 0 atom stereocenters. The van der Waals surface area contributed by atoms with Crippen molar-refractivity contribution in [2.24, 2.45) is 0 Å². The van der Waals surface area contributed by atoms with E-state index in [0.29, 0.717) is 23.9 Å². The third kappa shape index (κ3) is 4.08. The second-order valence-electron chi connectivity index (χ2n) is 5.59. The van der Waals surface area contributed by atoms with Crippen molar-refractivity contribution >= 4 is 11.7 Å². The van der Waals surface area contributed by atoms with Gasteiger partial charge in [0.15, 0.2) is 11.6 Å². The van der Waals surface area contributed by atoms with Crippen LogP contribution in [-0.4, -0.2) is 34.7 Å². The molecule has 0 bridgehead atoms. The average Bonchev–Trinajstić information content (AvgIpc) is 3.17. The highest BCUT2D eigenvalue weighted by atomic mass is 16.5. The van der Waals surface area contributed by atoms with Gasteiger partial charge in [0.05, 0.1) is 12.2 Å². The average molecular weight is 326 g/mol. The second-order valence-corrected chi connectivity index (χ2v) is 5.59. The van der Waals surface area contributed by atoms with Crippen molar-refractivity contribution in [1.82, 2.24) is 15.2 Å². The van der Waals surface area contributed by atoms with Crippen LogP contribution in [0.25, 0.3) is 11.3 Å². The number of nitrogens with zero attached hydrogens (tertiary/aromatic N) is 3. The van der Waals surface area contributed by atoms with E-state index in [0.717, 1.165) is 11.3 Å². The van der Waals surface area contributed by atoms with E-state index in [9.17, 15) is 4.79 Å². The zero-order chi connectivity index (χ0) is 16.9. The maximum Gasteiger partial charge on any atom is 0.239 e. The molecule has 3 rings (SSSR count). The number of carbonyl (C=O) groups excluding carboxylic acids is 1. The van der Waals surface area contributed by atoms with E-state index in [1.54, 1.807) is 13.0 Å². The SMILES string of the molecule is Cc1cc(NC(=O)CN(C)Cc2cc(-c3ccccc3)on2)no1. The molecule has 0 aliphatic heterocycles. The molecule has 0 aliphatic rings. The van der Waals surface area contributed by atoms with Gasteiger partial charge in [-0.1, -0.05) is 40.6 Å². The van der Waals surface area contributed by atoms with Gasteiger partial charge in [0.1, 0.15) is 5.76 Å². The molecular formula is C17H18N4O3. The first-order valence-electron chi connectivity index (χ1n) is 7.53. The lowest BCUT2D eigenvalue weighted by Gasteiger charge is -2.13. The summed E-state index contributed by atoms with van der Waals surface area (Å²) in [5.74, 6) is 1.60. The van der Waals surface area contributed by atoms with Gasteiger partial charge < -0.3 is 14.4 Å². The quantitative estimate of drug-likeness (QED) is 0.750. The Kier molecular flexibility index (Phi) is 4.72. The molecule has 0 aliphatic carbocycles. The van der Waals surface area contributed by atoms with E-state index in [2.05, 4.69) is 15.6 Å². The lowest BCUT2D eigenvalue weighted by Crippen LogP contribution is -2.30. The van der Waals surface area contributed by atoms with Crippen molar-refractivity contribution in [2.45, 2.75) is 13.5 Å². The van der Waals surface area contributed by atoms with Crippen LogP contribution in [0, 0.1) is 6.92 Å². The molecular weight excluding hydrogens is 308 g/mol. The predicted octanol–water partition coefficient (Wildman–Crippen LogP) is 2.71. The Hall–Kier alpha value is -2.93. The van der Waals surface area contributed by atoms with Crippen LogP contribution in [0.3, 0.4) is 0 Å². The number of anilines is 1. The fraction of sp³-hybridized carbons (Fsp3) is 0.235. The smallest absolute Gasteiger partial charge is 0.239 e. The number of likely N-dealkylation sites (N-methyl/N-ethyl adjacent to an activating group) is 1. The van der Waals surface area contributed by atoms with Crippen molar-refractivity contribution in [3.63, 3.8) is 0 Å². The normalized spacial score (nSPS) is 11.0. The lowest BCUT2D eigenvalue weighted by molar-refractivity contribution is -0.117. The number of rotatable bonds is 6. The Morgan fingerprint density at radius 2 is 1.96 bits per heavy atom. The van der Waals surface area contributed by atoms with Crippen LogP contribution in [-0.2, 0) is 11.3 Å². The molecule has 1 aromatic carbocycles. The number of aromatic nitrogens is 2. The molecule has 0 radical (unpaired) electrons. The van der Waals surface area contributed by atoms with Gasteiger partial charge in [-0.05, 0) is 14.0 Å². The molecule has 0 saturated heterocycles. The Bertz CT molecular complexity index is 810. The van der Waals surface area contributed by atoms with Crippen LogP contribution in [0.5, 0.6) is 0 Å². The molecule has 124 valence electrons. The van der Waals surface area contributed by atoms with E-state index >= 15 is 0 Å². The topological polar surface area (TPSA) is 84.4 Å². The van der Waals surface area contributed by atoms with Gasteiger partial charge in [-0.15, -0.1) is 0 Å². The maximum atomic E-state index is 12.0. The summed E-state index contributed by atoms with van der Waals surface area (Å²) in [6.45, 7) is 2.48. The molecule has 0 unspecified atom stereocenters. The summed E-state index contributed by atoms with van der Waals surface area (Å²) < 4.78 is 10.3. The van der Waals surface area contributed by atoms with Crippen LogP contribution < -0.4 is 5.32 Å². The van der Waals surface area contributed by atoms with E-state index in [1.165, 1.54) is 0 Å². The molecule has 7 heteroatoms. The monoisotopic (exact) mass is 326 g/mol. The van der Waals surface area contributed by atoms with Gasteiger partial charge in [-0.3, -0.25) is 9.69 Å². The van der Waals surface area contributed by atoms with Crippen LogP contribution in [0.15, 0.2) is 51.5 Å². The highest BCUT2D eigenvalue weighted by Crippen LogP contribution is 2.20. The number of aryl methyl sites for hydroxylation is 1. The molecule has 2 heterocycles. The summed E-state index contributed by atoms with van der Waals surface area (Å²) in [6.07, 6.45) is 0. The second kappa shape index (κ2) is 7.10. The van der Waals surface area contributed by atoms with E-state index in [-0.39, 0.29) is 12.5 Å². The van der Waals surface area contributed by atoms with Gasteiger partial charge in [0.2, 0.25) is 5.91 Å². The summed E-state index contributed by atoms with van der Waals surface area (Å²) in [7, 11) is 1.84. The minimum absolute atomic E-state index is 0.169. The van der Waals surface area contributed by atoms with Crippen LogP contribution in [0.1, 0.15) is 11.5 Å². The fourth-order valence-electron chi connectivity index (χ4n) is 2.31. The van der Waals surface area contributed by atoms with Crippen LogP contribution in [0.4, 0.5) is 5.82 Å². The Morgan fingerprint density at radius 1 is 1.17 bits per heavy atom. The largest absolute Gasteiger partial charge is 0.360 e. The summed E-state index contributed by atoms with van der Waals surface area (Å²) in [5.41, 5.74) is 1.74. The summed E-state index contributed by atoms with van der Waals surface area (Å²) >= 11 is 0. The molecule has 24 heavy (non-hydrogen) atoms. The molecule has 7 nitrogen and oxygen atoms in total. The third-order valence-electron chi connectivity index (χ3n) is 3.36. The molecule has 3 aromatic rings. The first-order valence-corrected chi connectivity index (χ1v) is 7.53. The van der Waals surface area contributed by atoms with Gasteiger partial charge in [-0.25, -0.2) is 0 Å². The number of amides is 1. The van der Waals surface area contributed by atoms with Crippen molar-refractivity contribution in [2.75, 3.05) is 18.9 Å². The first kappa shape index (κ1) is 15.9. The summed E-state index contributed by atoms with van der Waals surface area (Å²) in [4.78, 5) is 13.8. The molecule has 0 fully saturated rings. The van der Waals surface area contributed by atoms with Crippen LogP contribution >= 0.6 is 0 Å². The number of hydrogen-bond donors (Lipinski definition) is 1. The number of nitrogens with one attached hydrogen (secondary N) is 1. The zero-order valence-corrected chi connectivity index (χ0v) is 13.5. The highest BCUT2D eigenvalue weighted by Gasteiger charge is 2.12. The minimum Gasteiger partial charge on any atom is -0.360 e. The van der Waals surface area contributed by atoms with Crippen molar-refractivity contribution in [3.05, 3.63) is 53.9 Å². The fourth-order valence-corrected chi connectivity index (χ4v) is 2.31. The third-order valence-corrected chi connectivity index (χ3v) is 3.36. The minimum atomic E-state index is -0.169. The maximum absolute atomic E-state index is 12.0. The zero-order valence-electron chi connectivity index (χ0n) is 13.5. The number of benzene rings is 1. The summed E-state index contributed by atoms with van der Waals surface area (Å²) in [6, 6.07) is 13.3. The number of carbonyl (C=O) groups is 1.